The molecule has 2 rings (SSSR count). The number of aldehydes is 1. The molecule has 0 bridgehead atoms. The number of hydrogen-bond donors (Lipinski definition) is 0. The van der Waals surface area contributed by atoms with Gasteiger partial charge in [0.05, 0.1) is 38.1 Å². The Morgan fingerprint density at radius 1 is 1.12 bits per heavy atom. The first kappa shape index (κ1) is 12.4. The molecule has 16 heavy (non-hydrogen) atoms. The van der Waals surface area contributed by atoms with Gasteiger partial charge in [0.15, 0.2) is 6.29 Å². The van der Waals surface area contributed by atoms with Gasteiger partial charge in [0, 0.05) is 5.56 Å². The van der Waals surface area contributed by atoms with Crippen LogP contribution in [0.5, 0.6) is 0 Å². The van der Waals surface area contributed by atoms with Crippen LogP contribution in [-0.4, -0.2) is 32.7 Å². The number of rotatable bonds is 1. The fraction of sp³-hybridized carbons (Fsp3) is 0.333. The summed E-state index contributed by atoms with van der Waals surface area (Å²) in [4.78, 5) is 10.2. The van der Waals surface area contributed by atoms with Crippen molar-refractivity contribution in [3.63, 3.8) is 0 Å². The second kappa shape index (κ2) is 7.57. The van der Waals surface area contributed by atoms with Gasteiger partial charge < -0.3 is 9.47 Å². The van der Waals surface area contributed by atoms with Crippen LogP contribution in [-0.2, 0) is 9.47 Å². The average Bonchev–Trinajstić information content (AvgIpc) is 2.41. The number of nitriles is 1. The summed E-state index contributed by atoms with van der Waals surface area (Å²) < 4.78 is 9.89. The number of carbonyl (C=O) groups is 1. The highest BCUT2D eigenvalue weighted by atomic mass is 16.6. The maximum Gasteiger partial charge on any atom is 0.151 e. The molecule has 0 atom stereocenters. The van der Waals surface area contributed by atoms with Gasteiger partial charge in [0.25, 0.3) is 0 Å². The van der Waals surface area contributed by atoms with Gasteiger partial charge in [0.1, 0.15) is 0 Å². The maximum atomic E-state index is 10.2. The van der Waals surface area contributed by atoms with Crippen molar-refractivity contribution in [3.8, 4) is 6.07 Å². The molecular formula is C12H13NO3. The molecule has 1 aliphatic heterocycles. The first-order valence-corrected chi connectivity index (χ1v) is 4.98. The van der Waals surface area contributed by atoms with Gasteiger partial charge >= 0.3 is 0 Å². The lowest BCUT2D eigenvalue weighted by molar-refractivity contribution is -0.0334. The molecule has 1 aromatic rings. The first-order valence-electron chi connectivity index (χ1n) is 4.98. The molecule has 0 spiro atoms. The van der Waals surface area contributed by atoms with Crippen molar-refractivity contribution in [3.05, 3.63) is 35.4 Å². The number of nitrogens with zero attached hydrogens (tertiary/aromatic N) is 1. The van der Waals surface area contributed by atoms with Crippen LogP contribution >= 0.6 is 0 Å². The summed E-state index contributed by atoms with van der Waals surface area (Å²) in [6.07, 6.45) is 0.679. The van der Waals surface area contributed by atoms with Crippen molar-refractivity contribution in [1.82, 2.24) is 0 Å². The molecule has 0 saturated carbocycles. The summed E-state index contributed by atoms with van der Waals surface area (Å²) in [5.74, 6) is 0. The van der Waals surface area contributed by atoms with Gasteiger partial charge in [-0.05, 0) is 6.07 Å². The Morgan fingerprint density at radius 2 is 1.69 bits per heavy atom. The second-order valence-corrected chi connectivity index (χ2v) is 3.04. The van der Waals surface area contributed by atoms with Crippen molar-refractivity contribution >= 4 is 6.29 Å². The Hall–Kier alpha value is -1.70. The van der Waals surface area contributed by atoms with Crippen LogP contribution in [0.1, 0.15) is 15.9 Å². The van der Waals surface area contributed by atoms with Gasteiger partial charge in [-0.25, -0.2) is 0 Å². The van der Waals surface area contributed by atoms with Crippen LogP contribution in [0.4, 0.5) is 0 Å². The predicted molar refractivity (Wildman–Crippen MR) is 58.2 cm³/mol. The Balaban J connectivity index is 0.000000181. The predicted octanol–water partition coefficient (Wildman–Crippen LogP) is 1.40. The van der Waals surface area contributed by atoms with Gasteiger partial charge in [-0.15, -0.1) is 0 Å². The highest BCUT2D eigenvalue weighted by Crippen LogP contribution is 2.02. The minimum Gasteiger partial charge on any atom is -0.377 e. The average molecular weight is 219 g/mol. The maximum absolute atomic E-state index is 10.2. The first-order chi connectivity index (χ1) is 7.88. The third kappa shape index (κ3) is 4.22. The van der Waals surface area contributed by atoms with Crippen LogP contribution in [0.3, 0.4) is 0 Å². The van der Waals surface area contributed by atoms with E-state index in [0.717, 1.165) is 26.4 Å². The van der Waals surface area contributed by atoms with Crippen LogP contribution in [0, 0.1) is 11.3 Å². The summed E-state index contributed by atoms with van der Waals surface area (Å²) in [5.41, 5.74) is 0.877. The van der Waals surface area contributed by atoms with E-state index in [4.69, 9.17) is 14.7 Å². The van der Waals surface area contributed by atoms with E-state index in [1.54, 1.807) is 24.3 Å². The van der Waals surface area contributed by atoms with E-state index in [2.05, 4.69) is 0 Å². The molecule has 1 saturated heterocycles. The summed E-state index contributed by atoms with van der Waals surface area (Å²) >= 11 is 0. The Kier molecular flexibility index (Phi) is 5.86. The molecule has 0 amide bonds. The molecule has 1 heterocycles. The van der Waals surface area contributed by atoms with Crippen molar-refractivity contribution in [2.75, 3.05) is 26.4 Å². The zero-order valence-electron chi connectivity index (χ0n) is 8.89. The van der Waals surface area contributed by atoms with E-state index in [0.29, 0.717) is 17.4 Å². The zero-order chi connectivity index (χ0) is 11.6. The molecule has 84 valence electrons. The largest absolute Gasteiger partial charge is 0.377 e. The van der Waals surface area contributed by atoms with Crippen molar-refractivity contribution in [2.24, 2.45) is 0 Å². The van der Waals surface area contributed by atoms with E-state index < -0.39 is 0 Å². The molecular weight excluding hydrogens is 206 g/mol. The van der Waals surface area contributed by atoms with Gasteiger partial charge in [-0.2, -0.15) is 5.26 Å². The Morgan fingerprint density at radius 3 is 2.06 bits per heavy atom. The third-order valence-corrected chi connectivity index (χ3v) is 1.95. The lowest BCUT2D eigenvalue weighted by atomic mass is 10.1. The van der Waals surface area contributed by atoms with Crippen LogP contribution in [0.25, 0.3) is 0 Å². The standard InChI is InChI=1S/C8H5NO.C4H8O2/c9-5-7-3-1-2-4-8(7)6-10;1-2-6-4-3-5-1/h1-4,6H;1-4H2. The van der Waals surface area contributed by atoms with E-state index in [-0.39, 0.29) is 0 Å². The van der Waals surface area contributed by atoms with E-state index in [1.807, 2.05) is 6.07 Å². The number of benzene rings is 1. The SMILES string of the molecule is C1COCCO1.N#Cc1ccccc1C=O. The fourth-order valence-corrected chi connectivity index (χ4v) is 1.14. The van der Waals surface area contributed by atoms with Crippen LogP contribution < -0.4 is 0 Å². The molecule has 0 radical (unpaired) electrons. The molecule has 0 aromatic heterocycles. The molecule has 1 fully saturated rings. The minimum atomic E-state index is 0.428. The van der Waals surface area contributed by atoms with Crippen LogP contribution in [0.15, 0.2) is 24.3 Å². The fourth-order valence-electron chi connectivity index (χ4n) is 1.14. The Bertz CT molecular complexity index is 355. The molecule has 4 heteroatoms. The number of hydrogen-bond acceptors (Lipinski definition) is 4. The van der Waals surface area contributed by atoms with Gasteiger partial charge in [-0.3, -0.25) is 4.79 Å². The topological polar surface area (TPSA) is 59.3 Å². The normalized spacial score (nSPS) is 14.2. The molecule has 0 unspecified atom stereocenters. The summed E-state index contributed by atoms with van der Waals surface area (Å²) in [7, 11) is 0. The van der Waals surface area contributed by atoms with E-state index in [1.165, 1.54) is 0 Å². The second-order valence-electron chi connectivity index (χ2n) is 3.04. The van der Waals surface area contributed by atoms with Crippen molar-refractivity contribution in [2.45, 2.75) is 0 Å². The van der Waals surface area contributed by atoms with E-state index in [9.17, 15) is 4.79 Å². The van der Waals surface area contributed by atoms with Crippen LogP contribution in [0.2, 0.25) is 0 Å². The Labute approximate surface area is 94.4 Å². The quantitative estimate of drug-likeness (QED) is 0.670. The lowest BCUT2D eigenvalue weighted by Crippen LogP contribution is -2.16. The zero-order valence-corrected chi connectivity index (χ0v) is 8.89. The van der Waals surface area contributed by atoms with Crippen molar-refractivity contribution < 1.29 is 14.3 Å². The molecule has 1 aliphatic rings. The smallest absolute Gasteiger partial charge is 0.151 e. The third-order valence-electron chi connectivity index (χ3n) is 1.95. The minimum absolute atomic E-state index is 0.428. The molecule has 0 aliphatic carbocycles. The summed E-state index contributed by atoms with van der Waals surface area (Å²) in [6.45, 7) is 3.11. The molecule has 1 aromatic carbocycles. The van der Waals surface area contributed by atoms with Gasteiger partial charge in [-0.1, -0.05) is 18.2 Å². The van der Waals surface area contributed by atoms with Crippen molar-refractivity contribution in [1.29, 1.82) is 5.26 Å². The monoisotopic (exact) mass is 219 g/mol. The summed E-state index contributed by atoms with van der Waals surface area (Å²) in [5, 5.41) is 8.44. The highest BCUT2D eigenvalue weighted by molar-refractivity contribution is 5.78. The van der Waals surface area contributed by atoms with Gasteiger partial charge in [0.2, 0.25) is 0 Å². The van der Waals surface area contributed by atoms with E-state index >= 15 is 0 Å². The highest BCUT2D eigenvalue weighted by Gasteiger charge is 1.95. The molecule has 4 nitrogen and oxygen atoms in total. The number of carbonyl (C=O) groups excluding carboxylic acids is 1. The summed E-state index contributed by atoms with van der Waals surface area (Å²) in [6, 6.07) is 8.60. The number of ether oxygens (including phenoxy) is 2. The lowest BCUT2D eigenvalue weighted by Gasteiger charge is -2.09. The molecule has 0 N–H and O–H groups in total.